The number of aromatic nitrogens is 3. The van der Waals surface area contributed by atoms with Crippen LogP contribution in [0, 0.1) is 5.92 Å². The lowest BCUT2D eigenvalue weighted by atomic mass is 9.85. The SMILES string of the molecule is CC1CCCCC1n1c(CCl)nc2cc(Cl)cnc21. The third kappa shape index (κ3) is 2.34. The maximum atomic E-state index is 6.07. The highest BCUT2D eigenvalue weighted by Gasteiger charge is 2.27. The number of halogens is 2. The summed E-state index contributed by atoms with van der Waals surface area (Å²) in [7, 11) is 0. The number of nitrogens with zero attached hydrogens (tertiary/aromatic N) is 3. The first-order valence-electron chi connectivity index (χ1n) is 6.79. The third-order valence-electron chi connectivity index (χ3n) is 4.09. The molecule has 2 heterocycles. The Morgan fingerprint density at radius 3 is 2.89 bits per heavy atom. The van der Waals surface area contributed by atoms with Gasteiger partial charge in [0.15, 0.2) is 5.65 Å². The van der Waals surface area contributed by atoms with Crippen LogP contribution in [-0.2, 0) is 5.88 Å². The van der Waals surface area contributed by atoms with Crippen molar-refractivity contribution < 1.29 is 0 Å². The van der Waals surface area contributed by atoms with Gasteiger partial charge in [0.25, 0.3) is 0 Å². The lowest BCUT2D eigenvalue weighted by molar-refractivity contribution is 0.258. The monoisotopic (exact) mass is 297 g/mol. The van der Waals surface area contributed by atoms with Crippen molar-refractivity contribution in [2.24, 2.45) is 5.92 Å². The Morgan fingerprint density at radius 2 is 2.16 bits per heavy atom. The smallest absolute Gasteiger partial charge is 0.160 e. The van der Waals surface area contributed by atoms with Crippen LogP contribution >= 0.6 is 23.2 Å². The Hall–Kier alpha value is -0.800. The van der Waals surface area contributed by atoms with E-state index in [9.17, 15) is 0 Å². The van der Waals surface area contributed by atoms with Gasteiger partial charge in [-0.25, -0.2) is 9.97 Å². The van der Waals surface area contributed by atoms with E-state index in [1.54, 1.807) is 6.20 Å². The van der Waals surface area contributed by atoms with Crippen LogP contribution in [-0.4, -0.2) is 14.5 Å². The molecule has 0 amide bonds. The molecule has 1 saturated carbocycles. The molecule has 0 radical (unpaired) electrons. The summed E-state index contributed by atoms with van der Waals surface area (Å²) in [6.45, 7) is 2.31. The first kappa shape index (κ1) is 13.2. The Labute approximate surface area is 122 Å². The van der Waals surface area contributed by atoms with Crippen molar-refractivity contribution in [1.82, 2.24) is 14.5 Å². The van der Waals surface area contributed by atoms with Gasteiger partial charge in [0, 0.05) is 12.2 Å². The van der Waals surface area contributed by atoms with Crippen molar-refractivity contribution in [3.63, 3.8) is 0 Å². The first-order valence-corrected chi connectivity index (χ1v) is 7.70. The zero-order chi connectivity index (χ0) is 13.4. The summed E-state index contributed by atoms with van der Waals surface area (Å²) in [5, 5.41) is 0.620. The van der Waals surface area contributed by atoms with Gasteiger partial charge in [0.1, 0.15) is 11.3 Å². The topological polar surface area (TPSA) is 30.7 Å². The fourth-order valence-corrected chi connectivity index (χ4v) is 3.47. The normalized spacial score (nSPS) is 23.9. The average molecular weight is 298 g/mol. The lowest BCUT2D eigenvalue weighted by Crippen LogP contribution is -2.22. The van der Waals surface area contributed by atoms with Gasteiger partial charge in [-0.3, -0.25) is 0 Å². The summed E-state index contributed by atoms with van der Waals surface area (Å²) in [6, 6.07) is 2.32. The standard InChI is InChI=1S/C14H17Cl2N3/c1-9-4-2-3-5-12(9)19-13(7-15)18-11-6-10(16)8-17-14(11)19/h6,8-9,12H,2-5,7H2,1H3. The summed E-state index contributed by atoms with van der Waals surface area (Å²) >= 11 is 12.1. The summed E-state index contributed by atoms with van der Waals surface area (Å²) < 4.78 is 2.24. The van der Waals surface area contributed by atoms with E-state index in [1.165, 1.54) is 25.7 Å². The van der Waals surface area contributed by atoms with Crippen LogP contribution in [0.3, 0.4) is 0 Å². The van der Waals surface area contributed by atoms with Gasteiger partial charge in [-0.1, -0.05) is 31.4 Å². The van der Waals surface area contributed by atoms with Gasteiger partial charge < -0.3 is 4.57 Å². The molecule has 3 rings (SSSR count). The van der Waals surface area contributed by atoms with Crippen molar-refractivity contribution in [2.45, 2.75) is 44.5 Å². The Kier molecular flexibility index (Phi) is 3.68. The molecule has 1 fully saturated rings. The minimum Gasteiger partial charge on any atom is -0.308 e. The number of alkyl halides is 1. The molecule has 0 aliphatic heterocycles. The largest absolute Gasteiger partial charge is 0.308 e. The van der Waals surface area contributed by atoms with Crippen LogP contribution in [0.25, 0.3) is 11.2 Å². The van der Waals surface area contributed by atoms with Crippen molar-refractivity contribution in [1.29, 1.82) is 0 Å². The van der Waals surface area contributed by atoms with Crippen LogP contribution in [0.15, 0.2) is 12.3 Å². The van der Waals surface area contributed by atoms with E-state index < -0.39 is 0 Å². The Balaban J connectivity index is 2.14. The number of imidazole rings is 1. The molecule has 5 heteroatoms. The molecule has 2 aromatic heterocycles. The second-order valence-corrected chi connectivity index (χ2v) is 6.06. The zero-order valence-electron chi connectivity index (χ0n) is 10.9. The van der Waals surface area contributed by atoms with Gasteiger partial charge in [0.2, 0.25) is 0 Å². The Morgan fingerprint density at radius 1 is 1.37 bits per heavy atom. The fourth-order valence-electron chi connectivity index (χ4n) is 3.13. The van der Waals surface area contributed by atoms with Crippen molar-refractivity contribution in [2.75, 3.05) is 0 Å². The van der Waals surface area contributed by atoms with E-state index in [0.29, 0.717) is 22.9 Å². The summed E-state index contributed by atoms with van der Waals surface area (Å²) in [5.41, 5.74) is 1.76. The minimum atomic E-state index is 0.414. The van der Waals surface area contributed by atoms with Gasteiger partial charge in [-0.15, -0.1) is 11.6 Å². The molecule has 0 aromatic carbocycles. The van der Waals surface area contributed by atoms with Crippen molar-refractivity contribution >= 4 is 34.4 Å². The number of rotatable bonds is 2. The summed E-state index contributed by atoms with van der Waals surface area (Å²) in [4.78, 5) is 9.05. The lowest BCUT2D eigenvalue weighted by Gasteiger charge is -2.31. The predicted octanol–water partition coefficient (Wildman–Crippen LogP) is 4.57. The van der Waals surface area contributed by atoms with E-state index in [0.717, 1.165) is 17.0 Å². The minimum absolute atomic E-state index is 0.414. The molecule has 0 saturated heterocycles. The highest BCUT2D eigenvalue weighted by atomic mass is 35.5. The molecular weight excluding hydrogens is 281 g/mol. The van der Waals surface area contributed by atoms with E-state index in [4.69, 9.17) is 23.2 Å². The number of pyridine rings is 1. The molecule has 102 valence electrons. The highest BCUT2D eigenvalue weighted by molar-refractivity contribution is 6.31. The van der Waals surface area contributed by atoms with Crippen LogP contribution < -0.4 is 0 Å². The number of fused-ring (bicyclic) bond motifs is 1. The Bertz CT molecular complexity index is 594. The molecule has 0 bridgehead atoms. The van der Waals surface area contributed by atoms with Crippen LogP contribution in [0.5, 0.6) is 0 Å². The van der Waals surface area contributed by atoms with Crippen molar-refractivity contribution in [3.8, 4) is 0 Å². The van der Waals surface area contributed by atoms with Gasteiger partial charge in [-0.2, -0.15) is 0 Å². The van der Waals surface area contributed by atoms with E-state index >= 15 is 0 Å². The van der Waals surface area contributed by atoms with E-state index in [1.807, 2.05) is 6.07 Å². The van der Waals surface area contributed by atoms with Crippen LogP contribution in [0.2, 0.25) is 5.02 Å². The molecule has 2 aromatic rings. The molecule has 2 unspecified atom stereocenters. The molecule has 1 aliphatic carbocycles. The second-order valence-electron chi connectivity index (χ2n) is 5.36. The second kappa shape index (κ2) is 5.29. The molecule has 1 aliphatic rings. The zero-order valence-corrected chi connectivity index (χ0v) is 12.5. The van der Waals surface area contributed by atoms with Gasteiger partial charge in [-0.05, 0) is 24.8 Å². The van der Waals surface area contributed by atoms with E-state index in [-0.39, 0.29) is 0 Å². The maximum absolute atomic E-state index is 6.07. The fraction of sp³-hybridized carbons (Fsp3) is 0.571. The van der Waals surface area contributed by atoms with Crippen LogP contribution in [0.1, 0.15) is 44.5 Å². The molecule has 19 heavy (non-hydrogen) atoms. The summed E-state index contributed by atoms with van der Waals surface area (Å²) in [6.07, 6.45) is 6.72. The molecule has 0 spiro atoms. The first-order chi connectivity index (χ1) is 9.20. The van der Waals surface area contributed by atoms with Gasteiger partial charge in [0.05, 0.1) is 10.9 Å². The molecular formula is C14H17Cl2N3. The molecule has 3 nitrogen and oxygen atoms in total. The quantitative estimate of drug-likeness (QED) is 0.760. The number of hydrogen-bond acceptors (Lipinski definition) is 2. The average Bonchev–Trinajstić information content (AvgIpc) is 2.76. The third-order valence-corrected chi connectivity index (χ3v) is 4.53. The molecule has 0 N–H and O–H groups in total. The number of hydrogen-bond donors (Lipinski definition) is 0. The van der Waals surface area contributed by atoms with Gasteiger partial charge >= 0.3 is 0 Å². The highest BCUT2D eigenvalue weighted by Crippen LogP contribution is 2.36. The maximum Gasteiger partial charge on any atom is 0.160 e. The van der Waals surface area contributed by atoms with Crippen molar-refractivity contribution in [3.05, 3.63) is 23.1 Å². The van der Waals surface area contributed by atoms with Crippen LogP contribution in [0.4, 0.5) is 0 Å². The molecule has 2 atom stereocenters. The summed E-state index contributed by atoms with van der Waals surface area (Å²) in [5.74, 6) is 1.97. The predicted molar refractivity (Wildman–Crippen MR) is 78.8 cm³/mol. The van der Waals surface area contributed by atoms with E-state index in [2.05, 4.69) is 21.5 Å².